The first-order valence-corrected chi connectivity index (χ1v) is 6.20. The van der Waals surface area contributed by atoms with Gasteiger partial charge in [-0.15, -0.1) is 28.0 Å². The predicted octanol–water partition coefficient (Wildman–Crippen LogP) is 2.82. The molecule has 0 bridgehead atoms. The van der Waals surface area contributed by atoms with E-state index >= 15 is 0 Å². The Morgan fingerprint density at radius 2 is 2.27 bits per heavy atom. The molecule has 2 aromatic heterocycles. The predicted molar refractivity (Wildman–Crippen MR) is 62.9 cm³/mol. The number of halogens is 2. The van der Waals surface area contributed by atoms with Crippen LogP contribution >= 0.6 is 34.5 Å². The second-order valence-corrected chi connectivity index (χ2v) is 5.23. The summed E-state index contributed by atoms with van der Waals surface area (Å²) in [5, 5.41) is 8.02. The van der Waals surface area contributed by atoms with Crippen LogP contribution in [0.1, 0.15) is 10.6 Å². The van der Waals surface area contributed by atoms with Crippen LogP contribution in [-0.4, -0.2) is 20.9 Å². The van der Waals surface area contributed by atoms with E-state index in [1.807, 2.05) is 18.3 Å². The summed E-state index contributed by atoms with van der Waals surface area (Å²) in [6.07, 6.45) is 2.67. The molecule has 2 aromatic rings. The summed E-state index contributed by atoms with van der Waals surface area (Å²) in [6.45, 7) is 0.715. The third kappa shape index (κ3) is 2.93. The van der Waals surface area contributed by atoms with Gasteiger partial charge in [0, 0.05) is 23.4 Å². The number of hydrogen-bond donors (Lipinski definition) is 0. The Kier molecular flexibility index (Phi) is 3.61. The van der Waals surface area contributed by atoms with Crippen molar-refractivity contribution in [3.63, 3.8) is 0 Å². The average molecular weight is 262 g/mol. The van der Waals surface area contributed by atoms with Crippen LogP contribution < -0.4 is 0 Å². The molecule has 0 aromatic carbocycles. The first-order chi connectivity index (χ1) is 7.28. The van der Waals surface area contributed by atoms with Crippen molar-refractivity contribution in [1.29, 1.82) is 0 Å². The number of thiophene rings is 1. The lowest BCUT2D eigenvalue weighted by Crippen LogP contribution is -1.98. The molecule has 6 heteroatoms. The monoisotopic (exact) mass is 261 g/mol. The van der Waals surface area contributed by atoms with Gasteiger partial charge in [0.1, 0.15) is 0 Å². The molecule has 15 heavy (non-hydrogen) atoms. The number of aryl methyl sites for hydroxylation is 1. The Morgan fingerprint density at radius 3 is 2.93 bits per heavy atom. The Labute approximate surface area is 102 Å². The van der Waals surface area contributed by atoms with Crippen molar-refractivity contribution >= 4 is 34.5 Å². The summed E-state index contributed by atoms with van der Waals surface area (Å²) in [7, 11) is 0. The van der Waals surface area contributed by atoms with Gasteiger partial charge in [-0.25, -0.2) is 4.68 Å². The van der Waals surface area contributed by atoms with Crippen molar-refractivity contribution in [1.82, 2.24) is 15.0 Å². The average Bonchev–Trinajstić information content (AvgIpc) is 2.78. The van der Waals surface area contributed by atoms with E-state index in [0.29, 0.717) is 12.4 Å². The number of rotatable bonds is 4. The maximum Gasteiger partial charge on any atom is 0.0931 e. The fourth-order valence-corrected chi connectivity index (χ4v) is 2.50. The van der Waals surface area contributed by atoms with Crippen LogP contribution in [0.4, 0.5) is 0 Å². The maximum absolute atomic E-state index is 5.84. The third-order valence-electron chi connectivity index (χ3n) is 1.88. The third-order valence-corrected chi connectivity index (χ3v) is 3.29. The van der Waals surface area contributed by atoms with E-state index in [2.05, 4.69) is 10.3 Å². The van der Waals surface area contributed by atoms with Crippen LogP contribution in [0.3, 0.4) is 0 Å². The van der Waals surface area contributed by atoms with Gasteiger partial charge in [0.15, 0.2) is 0 Å². The molecule has 0 saturated carbocycles. The van der Waals surface area contributed by atoms with Gasteiger partial charge < -0.3 is 0 Å². The summed E-state index contributed by atoms with van der Waals surface area (Å²) in [5.74, 6) is 0.573. The Balaban J connectivity index is 2.04. The molecule has 0 radical (unpaired) electrons. The molecule has 0 aliphatic rings. The van der Waals surface area contributed by atoms with E-state index in [1.54, 1.807) is 16.0 Å². The summed E-state index contributed by atoms with van der Waals surface area (Å²) in [6, 6.07) is 3.88. The lowest BCUT2D eigenvalue weighted by Gasteiger charge is -1.94. The molecule has 2 heterocycles. The first kappa shape index (κ1) is 10.9. The van der Waals surface area contributed by atoms with Gasteiger partial charge in [-0.2, -0.15) is 0 Å². The van der Waals surface area contributed by atoms with Gasteiger partial charge in [-0.05, 0) is 12.1 Å². The normalized spacial score (nSPS) is 10.8. The van der Waals surface area contributed by atoms with Crippen molar-refractivity contribution in [2.45, 2.75) is 13.0 Å². The highest BCUT2D eigenvalue weighted by Crippen LogP contribution is 2.21. The standard InChI is InChI=1S/C9H9Cl2N3S/c10-4-3-7-5-14(13-12-7)6-8-1-2-9(11)15-8/h1-2,5H,3-4,6H2. The van der Waals surface area contributed by atoms with E-state index in [-0.39, 0.29) is 0 Å². The Bertz CT molecular complexity index is 438. The highest BCUT2D eigenvalue weighted by Gasteiger charge is 2.02. The molecule has 0 amide bonds. The number of alkyl halides is 1. The van der Waals surface area contributed by atoms with Gasteiger partial charge in [0.2, 0.25) is 0 Å². The topological polar surface area (TPSA) is 30.7 Å². The Morgan fingerprint density at radius 1 is 1.40 bits per heavy atom. The molecule has 0 saturated heterocycles. The number of hydrogen-bond acceptors (Lipinski definition) is 3. The van der Waals surface area contributed by atoms with Crippen LogP contribution in [-0.2, 0) is 13.0 Å². The molecule has 0 atom stereocenters. The maximum atomic E-state index is 5.84. The minimum Gasteiger partial charge on any atom is -0.247 e. The van der Waals surface area contributed by atoms with Crippen molar-refractivity contribution in [2.75, 3.05) is 5.88 Å². The van der Waals surface area contributed by atoms with Crippen LogP contribution in [0.2, 0.25) is 4.34 Å². The second kappa shape index (κ2) is 4.96. The second-order valence-electron chi connectivity index (χ2n) is 3.05. The summed E-state index contributed by atoms with van der Waals surface area (Å²) >= 11 is 13.0. The molecule has 0 aliphatic carbocycles. The molecule has 0 N–H and O–H groups in total. The fraction of sp³-hybridized carbons (Fsp3) is 0.333. The van der Waals surface area contributed by atoms with E-state index in [4.69, 9.17) is 23.2 Å². The lowest BCUT2D eigenvalue weighted by molar-refractivity contribution is 0.655. The van der Waals surface area contributed by atoms with Gasteiger partial charge in [-0.1, -0.05) is 16.8 Å². The van der Waals surface area contributed by atoms with Crippen molar-refractivity contribution in [3.05, 3.63) is 33.2 Å². The molecule has 2 rings (SSSR count). The SMILES string of the molecule is ClCCc1cn(Cc2ccc(Cl)s2)nn1. The Hall–Kier alpha value is -0.580. The van der Waals surface area contributed by atoms with Crippen molar-refractivity contribution in [2.24, 2.45) is 0 Å². The smallest absolute Gasteiger partial charge is 0.0931 e. The van der Waals surface area contributed by atoms with E-state index in [9.17, 15) is 0 Å². The fourth-order valence-electron chi connectivity index (χ4n) is 1.22. The molecule has 80 valence electrons. The van der Waals surface area contributed by atoms with Crippen LogP contribution in [0.5, 0.6) is 0 Å². The minimum atomic E-state index is 0.573. The zero-order valence-electron chi connectivity index (χ0n) is 7.86. The highest BCUT2D eigenvalue weighted by atomic mass is 35.5. The van der Waals surface area contributed by atoms with Gasteiger partial charge in [0.05, 0.1) is 16.6 Å². The molecule has 0 fully saturated rings. The zero-order valence-corrected chi connectivity index (χ0v) is 10.2. The molecular weight excluding hydrogens is 253 g/mol. The van der Waals surface area contributed by atoms with Gasteiger partial charge in [-0.3, -0.25) is 0 Å². The molecule has 0 aliphatic heterocycles. The highest BCUT2D eigenvalue weighted by molar-refractivity contribution is 7.16. The van der Waals surface area contributed by atoms with Crippen LogP contribution in [0.25, 0.3) is 0 Å². The van der Waals surface area contributed by atoms with Crippen molar-refractivity contribution < 1.29 is 0 Å². The molecular formula is C9H9Cl2N3S. The van der Waals surface area contributed by atoms with E-state index in [1.165, 1.54) is 4.88 Å². The van der Waals surface area contributed by atoms with Crippen molar-refractivity contribution in [3.8, 4) is 0 Å². The molecule has 0 unspecified atom stereocenters. The number of nitrogens with zero attached hydrogens (tertiary/aromatic N) is 3. The quantitative estimate of drug-likeness (QED) is 0.793. The molecule has 0 spiro atoms. The first-order valence-electron chi connectivity index (χ1n) is 4.47. The summed E-state index contributed by atoms with van der Waals surface area (Å²) in [4.78, 5) is 1.17. The summed E-state index contributed by atoms with van der Waals surface area (Å²) in [5.41, 5.74) is 0.924. The largest absolute Gasteiger partial charge is 0.247 e. The minimum absolute atomic E-state index is 0.573. The van der Waals surface area contributed by atoms with Gasteiger partial charge in [0.25, 0.3) is 0 Å². The van der Waals surface area contributed by atoms with Crippen LogP contribution in [0, 0.1) is 0 Å². The molecule has 3 nitrogen and oxygen atoms in total. The van der Waals surface area contributed by atoms with E-state index in [0.717, 1.165) is 16.5 Å². The summed E-state index contributed by atoms with van der Waals surface area (Å²) < 4.78 is 2.59. The number of aromatic nitrogens is 3. The van der Waals surface area contributed by atoms with Crippen LogP contribution in [0.15, 0.2) is 18.3 Å². The lowest BCUT2D eigenvalue weighted by atomic mass is 10.4. The zero-order chi connectivity index (χ0) is 10.7. The van der Waals surface area contributed by atoms with E-state index < -0.39 is 0 Å². The van der Waals surface area contributed by atoms with Gasteiger partial charge >= 0.3 is 0 Å².